The molecule has 39 heavy (non-hydrogen) atoms. The molecule has 0 aliphatic heterocycles. The van der Waals surface area contributed by atoms with Crippen LogP contribution in [0, 0.1) is 0 Å². The van der Waals surface area contributed by atoms with Crippen LogP contribution in [0.5, 0.6) is 0 Å². The van der Waals surface area contributed by atoms with Gasteiger partial charge in [-0.25, -0.2) is 16.8 Å². The molecule has 10 heteroatoms. The van der Waals surface area contributed by atoms with Crippen LogP contribution >= 0.6 is 0 Å². The number of carbonyl (C=O) groups excluding carboxylic acids is 1. The van der Waals surface area contributed by atoms with Gasteiger partial charge in [0.15, 0.2) is 0 Å². The molecule has 0 atom stereocenters. The molecule has 0 radical (unpaired) electrons. The molecule has 0 aliphatic rings. The number of amides is 1. The molecule has 196 valence electrons. The number of fused-ring (bicyclic) bond motifs is 1. The van der Waals surface area contributed by atoms with Gasteiger partial charge in [0.25, 0.3) is 26.0 Å². The lowest BCUT2D eigenvalue weighted by Gasteiger charge is -2.12. The van der Waals surface area contributed by atoms with Crippen LogP contribution in [0.15, 0.2) is 131 Å². The Morgan fingerprint density at radius 2 is 1.08 bits per heavy atom. The van der Waals surface area contributed by atoms with E-state index in [4.69, 9.17) is 0 Å². The van der Waals surface area contributed by atoms with Crippen LogP contribution in [0.3, 0.4) is 0 Å². The Hall–Kier alpha value is -4.67. The normalized spacial score (nSPS) is 11.6. The highest BCUT2D eigenvalue weighted by molar-refractivity contribution is 7.93. The summed E-state index contributed by atoms with van der Waals surface area (Å²) in [5.41, 5.74) is 1.48. The molecule has 5 aromatic rings. The quantitative estimate of drug-likeness (QED) is 0.226. The molecule has 0 spiro atoms. The maximum absolute atomic E-state index is 13.0. The molecule has 0 heterocycles. The van der Waals surface area contributed by atoms with Gasteiger partial charge in [-0.05, 0) is 72.1 Å². The van der Waals surface area contributed by atoms with Crippen molar-refractivity contribution >= 4 is 53.8 Å². The molecule has 8 nitrogen and oxygen atoms in total. The molecule has 3 N–H and O–H groups in total. The minimum atomic E-state index is -3.86. The van der Waals surface area contributed by atoms with Crippen molar-refractivity contribution < 1.29 is 21.6 Å². The van der Waals surface area contributed by atoms with Crippen LogP contribution in [0.1, 0.15) is 10.4 Å². The van der Waals surface area contributed by atoms with E-state index in [1.807, 2.05) is 30.3 Å². The fourth-order valence-electron chi connectivity index (χ4n) is 3.94. The summed E-state index contributed by atoms with van der Waals surface area (Å²) in [5.74, 6) is -0.433. The third kappa shape index (κ3) is 5.92. The largest absolute Gasteiger partial charge is 0.322 e. The molecule has 0 aromatic heterocycles. The van der Waals surface area contributed by atoms with Crippen molar-refractivity contribution in [2.75, 3.05) is 14.8 Å². The molecule has 5 aromatic carbocycles. The molecule has 0 saturated heterocycles. The van der Waals surface area contributed by atoms with Gasteiger partial charge in [-0.3, -0.25) is 14.2 Å². The van der Waals surface area contributed by atoms with E-state index in [2.05, 4.69) is 14.8 Å². The summed E-state index contributed by atoms with van der Waals surface area (Å²) in [6.07, 6.45) is 0. The Morgan fingerprint density at radius 3 is 1.79 bits per heavy atom. The first-order chi connectivity index (χ1) is 18.7. The van der Waals surface area contributed by atoms with E-state index < -0.39 is 26.0 Å². The zero-order valence-corrected chi connectivity index (χ0v) is 22.0. The standard InChI is InChI=1S/C29H23N3O5S2/c33-29(22-13-15-24(16-14-22)31-38(34,35)25-9-2-1-3-10-25)30-23-17-19-26(20-18-23)39(36,37)32-28-12-6-8-21-7-4-5-11-27(21)28/h1-20,31-32H,(H,30,33). The Kier molecular flexibility index (Phi) is 7.05. The minimum absolute atomic E-state index is 0.0449. The summed E-state index contributed by atoms with van der Waals surface area (Å²) in [6.45, 7) is 0. The first kappa shape index (κ1) is 26.0. The van der Waals surface area contributed by atoms with E-state index in [9.17, 15) is 21.6 Å². The third-order valence-corrected chi connectivity index (χ3v) is 8.69. The molecule has 0 fully saturated rings. The van der Waals surface area contributed by atoms with Crippen LogP contribution in [-0.4, -0.2) is 22.7 Å². The number of rotatable bonds is 8. The van der Waals surface area contributed by atoms with E-state index in [1.165, 1.54) is 60.7 Å². The lowest BCUT2D eigenvalue weighted by molar-refractivity contribution is 0.102. The average Bonchev–Trinajstić information content (AvgIpc) is 2.94. The van der Waals surface area contributed by atoms with Crippen molar-refractivity contribution in [3.8, 4) is 0 Å². The van der Waals surface area contributed by atoms with Crippen molar-refractivity contribution in [1.82, 2.24) is 0 Å². The number of hydrogen-bond donors (Lipinski definition) is 3. The average molecular weight is 558 g/mol. The number of nitrogens with one attached hydrogen (secondary N) is 3. The van der Waals surface area contributed by atoms with E-state index in [0.717, 1.165) is 10.8 Å². The first-order valence-corrected chi connectivity index (χ1v) is 14.8. The van der Waals surface area contributed by atoms with Gasteiger partial charge in [-0.2, -0.15) is 0 Å². The lowest BCUT2D eigenvalue weighted by Crippen LogP contribution is -2.15. The van der Waals surface area contributed by atoms with E-state index >= 15 is 0 Å². The second-order valence-electron chi connectivity index (χ2n) is 8.61. The van der Waals surface area contributed by atoms with Gasteiger partial charge in [0.2, 0.25) is 0 Å². The zero-order chi connectivity index (χ0) is 27.5. The van der Waals surface area contributed by atoms with Gasteiger partial charge in [0.1, 0.15) is 0 Å². The maximum Gasteiger partial charge on any atom is 0.261 e. The summed E-state index contributed by atoms with van der Waals surface area (Å²) in [5, 5.41) is 4.41. The Labute approximate surface area is 226 Å². The Bertz CT molecular complexity index is 1850. The van der Waals surface area contributed by atoms with Crippen molar-refractivity contribution in [1.29, 1.82) is 0 Å². The van der Waals surface area contributed by atoms with E-state index in [-0.39, 0.29) is 9.79 Å². The van der Waals surface area contributed by atoms with Crippen LogP contribution in [0.2, 0.25) is 0 Å². The van der Waals surface area contributed by atoms with Crippen molar-refractivity contribution in [3.05, 3.63) is 127 Å². The van der Waals surface area contributed by atoms with Gasteiger partial charge in [0, 0.05) is 22.3 Å². The van der Waals surface area contributed by atoms with Crippen molar-refractivity contribution in [2.24, 2.45) is 0 Å². The molecule has 1 amide bonds. The van der Waals surface area contributed by atoms with Gasteiger partial charge in [-0.1, -0.05) is 54.6 Å². The molecule has 5 rings (SSSR count). The second-order valence-corrected chi connectivity index (χ2v) is 12.0. The Balaban J connectivity index is 1.25. The van der Waals surface area contributed by atoms with Gasteiger partial charge in [-0.15, -0.1) is 0 Å². The third-order valence-electron chi connectivity index (χ3n) is 5.91. The molecular formula is C29H23N3O5S2. The fraction of sp³-hybridized carbons (Fsp3) is 0. The van der Waals surface area contributed by atoms with Crippen LogP contribution in [0.25, 0.3) is 10.8 Å². The molecule has 0 bridgehead atoms. The number of sulfonamides is 2. The smallest absolute Gasteiger partial charge is 0.261 e. The van der Waals surface area contributed by atoms with Crippen molar-refractivity contribution in [3.63, 3.8) is 0 Å². The first-order valence-electron chi connectivity index (χ1n) is 11.8. The van der Waals surface area contributed by atoms with Crippen LogP contribution in [-0.2, 0) is 20.0 Å². The number of benzene rings is 5. The van der Waals surface area contributed by atoms with Gasteiger partial charge in [0.05, 0.1) is 15.5 Å². The maximum atomic E-state index is 13.0. The summed E-state index contributed by atoms with van der Waals surface area (Å²) in [7, 11) is -7.61. The highest BCUT2D eigenvalue weighted by Gasteiger charge is 2.17. The molecular weight excluding hydrogens is 534 g/mol. The predicted octanol–water partition coefficient (Wildman–Crippen LogP) is 5.69. The fourth-order valence-corrected chi connectivity index (χ4v) is 6.10. The predicted molar refractivity (Wildman–Crippen MR) is 153 cm³/mol. The summed E-state index contributed by atoms with van der Waals surface area (Å²) in [6, 6.07) is 32.6. The summed E-state index contributed by atoms with van der Waals surface area (Å²) >= 11 is 0. The zero-order valence-electron chi connectivity index (χ0n) is 20.4. The van der Waals surface area contributed by atoms with Crippen LogP contribution < -0.4 is 14.8 Å². The number of carbonyl (C=O) groups is 1. The molecule has 0 unspecified atom stereocenters. The SMILES string of the molecule is O=C(Nc1ccc(S(=O)(=O)Nc2cccc3ccccc23)cc1)c1ccc(NS(=O)(=O)c2ccccc2)cc1. The monoisotopic (exact) mass is 557 g/mol. The summed E-state index contributed by atoms with van der Waals surface area (Å²) < 4.78 is 56.0. The van der Waals surface area contributed by atoms with Gasteiger partial charge >= 0.3 is 0 Å². The Morgan fingerprint density at radius 1 is 0.513 bits per heavy atom. The lowest BCUT2D eigenvalue weighted by atomic mass is 10.1. The topological polar surface area (TPSA) is 121 Å². The van der Waals surface area contributed by atoms with Crippen LogP contribution in [0.4, 0.5) is 17.1 Å². The van der Waals surface area contributed by atoms with Gasteiger partial charge < -0.3 is 5.32 Å². The van der Waals surface area contributed by atoms with Crippen molar-refractivity contribution in [2.45, 2.75) is 9.79 Å². The highest BCUT2D eigenvalue weighted by atomic mass is 32.2. The molecule has 0 saturated carbocycles. The summed E-state index contributed by atoms with van der Waals surface area (Å²) in [4.78, 5) is 12.9. The minimum Gasteiger partial charge on any atom is -0.322 e. The molecule has 0 aliphatic carbocycles. The highest BCUT2D eigenvalue weighted by Crippen LogP contribution is 2.26. The van der Waals surface area contributed by atoms with E-state index in [1.54, 1.807) is 30.3 Å². The number of hydrogen-bond acceptors (Lipinski definition) is 5. The second kappa shape index (κ2) is 10.6. The van der Waals surface area contributed by atoms with E-state index in [0.29, 0.717) is 22.6 Å². The number of anilines is 3.